The number of likely N-dealkylation sites (tertiary alicyclic amines) is 2. The highest BCUT2D eigenvalue weighted by Gasteiger charge is 2.53. The molecule has 2 aliphatic heterocycles. The molecule has 4 heterocycles. The van der Waals surface area contributed by atoms with E-state index >= 15 is 0 Å². The van der Waals surface area contributed by atoms with Crippen LogP contribution in [-0.4, -0.2) is 91.3 Å². The molecular formula is C38H48FN5O5. The fourth-order valence-electron chi connectivity index (χ4n) is 8.29. The number of amides is 3. The molecule has 3 atom stereocenters. The van der Waals surface area contributed by atoms with Crippen LogP contribution in [0.5, 0.6) is 0 Å². The molecule has 1 aromatic carbocycles. The van der Waals surface area contributed by atoms with Crippen molar-refractivity contribution in [3.05, 3.63) is 59.3 Å². The number of ether oxygens (including phenoxy) is 1. The summed E-state index contributed by atoms with van der Waals surface area (Å²) < 4.78 is 22.2. The van der Waals surface area contributed by atoms with Gasteiger partial charge >= 0.3 is 6.09 Å². The number of ketones is 1. The van der Waals surface area contributed by atoms with Gasteiger partial charge in [-0.05, 0) is 111 Å². The van der Waals surface area contributed by atoms with Crippen LogP contribution in [0.25, 0.3) is 16.6 Å². The predicted molar refractivity (Wildman–Crippen MR) is 184 cm³/mol. The minimum absolute atomic E-state index is 0.0232. The Hall–Kier alpha value is -4.28. The van der Waals surface area contributed by atoms with E-state index in [4.69, 9.17) is 4.74 Å². The second-order valence-electron chi connectivity index (χ2n) is 15.1. The fraction of sp³-hybridized carbons (Fsp3) is 0.553. The molecule has 1 saturated carbocycles. The minimum atomic E-state index is -0.653. The van der Waals surface area contributed by atoms with Crippen LogP contribution < -0.4 is 0 Å². The maximum atomic E-state index is 14.6. The van der Waals surface area contributed by atoms with Gasteiger partial charge in [-0.1, -0.05) is 0 Å². The topological polar surface area (TPSA) is 105 Å². The average Bonchev–Trinajstić information content (AvgIpc) is 3.75. The summed E-state index contributed by atoms with van der Waals surface area (Å²) in [6.45, 7) is 14.4. The number of Topliss-reactive ketones (excluding diaryl/α,β-unsaturated/α-hetero) is 1. The molecule has 0 spiro atoms. The summed E-state index contributed by atoms with van der Waals surface area (Å²) >= 11 is 0. The molecule has 3 fully saturated rings. The molecule has 49 heavy (non-hydrogen) atoms. The third-order valence-electron chi connectivity index (χ3n) is 10.5. The summed E-state index contributed by atoms with van der Waals surface area (Å²) in [5.41, 5.74) is 1.90. The van der Waals surface area contributed by atoms with E-state index in [-0.39, 0.29) is 47.1 Å². The third kappa shape index (κ3) is 6.32. The number of carbonyl (C=O) groups is 4. The molecule has 10 nitrogen and oxygen atoms in total. The largest absolute Gasteiger partial charge is 0.444 e. The molecule has 0 N–H and O–H groups in total. The van der Waals surface area contributed by atoms with Crippen LogP contribution in [0.3, 0.4) is 0 Å². The smallest absolute Gasteiger partial charge is 0.411 e. The number of hydrogen-bond acceptors (Lipinski definition) is 6. The summed E-state index contributed by atoms with van der Waals surface area (Å²) in [6, 6.07) is 5.40. The Morgan fingerprint density at radius 2 is 1.78 bits per heavy atom. The number of carbonyl (C=O) groups excluding carboxylic acids is 4. The van der Waals surface area contributed by atoms with Crippen molar-refractivity contribution in [2.24, 2.45) is 11.8 Å². The lowest BCUT2D eigenvalue weighted by atomic mass is 9.87. The molecule has 2 bridgehead atoms. The molecule has 3 aliphatic rings. The molecule has 11 heteroatoms. The monoisotopic (exact) mass is 673 g/mol. The fourth-order valence-corrected chi connectivity index (χ4v) is 8.29. The van der Waals surface area contributed by atoms with Crippen molar-refractivity contribution in [2.75, 3.05) is 19.6 Å². The summed E-state index contributed by atoms with van der Waals surface area (Å²) in [4.78, 5) is 64.8. The van der Waals surface area contributed by atoms with E-state index in [9.17, 15) is 23.6 Å². The van der Waals surface area contributed by atoms with E-state index in [2.05, 4.69) is 4.98 Å². The van der Waals surface area contributed by atoms with Gasteiger partial charge in [-0.15, -0.1) is 0 Å². The van der Waals surface area contributed by atoms with Crippen LogP contribution in [0.1, 0.15) is 100 Å². The summed E-state index contributed by atoms with van der Waals surface area (Å²) in [5.74, 6) is -1.08. The first kappa shape index (κ1) is 34.6. The van der Waals surface area contributed by atoms with Crippen molar-refractivity contribution in [1.29, 1.82) is 0 Å². The summed E-state index contributed by atoms with van der Waals surface area (Å²) in [5, 5.41) is 0.713. The maximum absolute atomic E-state index is 14.6. The van der Waals surface area contributed by atoms with Crippen LogP contribution in [0.4, 0.5) is 9.18 Å². The van der Waals surface area contributed by atoms with Crippen LogP contribution in [-0.2, 0) is 9.53 Å². The zero-order chi connectivity index (χ0) is 35.4. The first-order chi connectivity index (χ1) is 23.2. The van der Waals surface area contributed by atoms with Crippen LogP contribution in [0.15, 0.2) is 36.7 Å². The normalized spacial score (nSPS) is 21.1. The third-order valence-corrected chi connectivity index (χ3v) is 10.5. The zero-order valence-electron chi connectivity index (χ0n) is 29.7. The Bertz CT molecular complexity index is 1790. The highest BCUT2D eigenvalue weighted by molar-refractivity contribution is 6.11. The first-order valence-electron chi connectivity index (χ1n) is 17.6. The summed E-state index contributed by atoms with van der Waals surface area (Å²) in [6.07, 6.45) is 6.50. The second-order valence-corrected chi connectivity index (χ2v) is 15.1. The quantitative estimate of drug-likeness (QED) is 0.264. The molecule has 2 saturated heterocycles. The van der Waals surface area contributed by atoms with Crippen molar-refractivity contribution < 1.29 is 28.3 Å². The Kier molecular flexibility index (Phi) is 9.32. The van der Waals surface area contributed by atoms with E-state index in [1.54, 1.807) is 28.3 Å². The minimum Gasteiger partial charge on any atom is -0.444 e. The second kappa shape index (κ2) is 13.2. The van der Waals surface area contributed by atoms with Crippen LogP contribution in [0.2, 0.25) is 0 Å². The van der Waals surface area contributed by atoms with Gasteiger partial charge in [0.15, 0.2) is 5.78 Å². The van der Waals surface area contributed by atoms with E-state index in [1.807, 2.05) is 64.0 Å². The number of benzene rings is 1. The lowest BCUT2D eigenvalue weighted by Gasteiger charge is -2.39. The van der Waals surface area contributed by atoms with Crippen molar-refractivity contribution in [3.63, 3.8) is 0 Å². The Labute approximate surface area is 287 Å². The SMILES string of the molecule is CCN(C(=O)c1cc(F)ccc1-n1c(C)c(C(=O)C2CCN(C(=O)[C@@H]3[C@H]4CC[C@H](C4)N3C(=O)OC(C)(C)C)CC2)c2ccncc21)C(C)C. The van der Waals surface area contributed by atoms with Gasteiger partial charge in [0, 0.05) is 60.5 Å². The number of pyridine rings is 1. The van der Waals surface area contributed by atoms with Gasteiger partial charge in [-0.3, -0.25) is 24.3 Å². The highest BCUT2D eigenvalue weighted by Crippen LogP contribution is 2.44. The zero-order valence-corrected chi connectivity index (χ0v) is 29.7. The van der Waals surface area contributed by atoms with Crippen molar-refractivity contribution >= 4 is 34.6 Å². The van der Waals surface area contributed by atoms with Gasteiger partial charge in [-0.25, -0.2) is 9.18 Å². The first-order valence-corrected chi connectivity index (χ1v) is 17.6. The molecule has 2 aromatic heterocycles. The maximum Gasteiger partial charge on any atom is 0.411 e. The molecule has 1 aliphatic carbocycles. The van der Waals surface area contributed by atoms with E-state index in [1.165, 1.54) is 12.1 Å². The Morgan fingerprint density at radius 1 is 1.06 bits per heavy atom. The molecule has 0 unspecified atom stereocenters. The van der Waals surface area contributed by atoms with Gasteiger partial charge in [0.25, 0.3) is 5.91 Å². The molecular weight excluding hydrogens is 625 g/mol. The lowest BCUT2D eigenvalue weighted by molar-refractivity contribution is -0.139. The number of aromatic nitrogens is 2. The van der Waals surface area contributed by atoms with Crippen molar-refractivity contribution in [2.45, 2.75) is 104 Å². The number of fused-ring (bicyclic) bond motifs is 3. The van der Waals surface area contributed by atoms with E-state index in [0.717, 1.165) is 19.3 Å². The lowest BCUT2D eigenvalue weighted by Crippen LogP contribution is -2.56. The van der Waals surface area contributed by atoms with Gasteiger partial charge in [-0.2, -0.15) is 0 Å². The van der Waals surface area contributed by atoms with Crippen molar-refractivity contribution in [1.82, 2.24) is 24.3 Å². The number of piperidine rings is 2. The van der Waals surface area contributed by atoms with Gasteiger partial charge in [0.2, 0.25) is 5.91 Å². The molecule has 3 amide bonds. The highest BCUT2D eigenvalue weighted by atomic mass is 19.1. The number of hydrogen-bond donors (Lipinski definition) is 0. The molecule has 3 aromatic rings. The van der Waals surface area contributed by atoms with Gasteiger partial charge in [0.1, 0.15) is 17.5 Å². The molecule has 262 valence electrons. The molecule has 0 radical (unpaired) electrons. The number of nitrogens with zero attached hydrogens (tertiary/aromatic N) is 5. The number of halogens is 1. The van der Waals surface area contributed by atoms with Crippen molar-refractivity contribution in [3.8, 4) is 5.69 Å². The van der Waals surface area contributed by atoms with Gasteiger partial charge in [0.05, 0.1) is 23.0 Å². The van der Waals surface area contributed by atoms with E-state index in [0.29, 0.717) is 60.3 Å². The van der Waals surface area contributed by atoms with E-state index < -0.39 is 23.6 Å². The standard InChI is InChI=1S/C38H48FN5O5/c1-8-42(22(2)3)35(46)29-20-26(39)10-12-30(29)43-23(4)32(28-13-16-40-21-31(28)43)34(45)24-14-17-41(18-15-24)36(47)33-25-9-11-27(19-25)44(33)37(48)49-38(5,6)7/h10,12-13,16,20-22,24-25,27,33H,8-9,11,14-15,17-19H2,1-7H3/t25-,27+,33-/m0/s1. The molecule has 6 rings (SSSR count). The van der Waals surface area contributed by atoms with Crippen LogP contribution in [0, 0.1) is 24.6 Å². The van der Waals surface area contributed by atoms with Crippen LogP contribution >= 0.6 is 0 Å². The Balaban J connectivity index is 1.25. The Morgan fingerprint density at radius 3 is 2.43 bits per heavy atom. The van der Waals surface area contributed by atoms with Gasteiger partial charge < -0.3 is 19.1 Å². The predicted octanol–water partition coefficient (Wildman–Crippen LogP) is 6.55. The summed E-state index contributed by atoms with van der Waals surface area (Å²) in [7, 11) is 0. The average molecular weight is 674 g/mol. The number of rotatable bonds is 7.